The molecule has 8 heteroatoms. The molecule has 0 radical (unpaired) electrons. The lowest BCUT2D eigenvalue weighted by atomic mass is 9.86. The standard InChI is InChI=1S/C14H13N3O3S2/c1-14-7-21-10-8-5-3-4-6-9(8)17(2)22(19,20)11(10)12(14)15-16-13(14)18/h3-6H,7H2,1-2H3,(H,16,18). The van der Waals surface area contributed by atoms with Gasteiger partial charge in [-0.2, -0.15) is 5.10 Å². The van der Waals surface area contributed by atoms with E-state index in [2.05, 4.69) is 10.5 Å². The number of hydrazone groups is 1. The smallest absolute Gasteiger partial charge is 0.267 e. The van der Waals surface area contributed by atoms with E-state index in [4.69, 9.17) is 0 Å². The number of fused-ring (bicyclic) bond motifs is 4. The average Bonchev–Trinajstić information content (AvgIpc) is 2.80. The quantitative estimate of drug-likeness (QED) is 0.777. The third-order valence-electron chi connectivity index (χ3n) is 4.33. The van der Waals surface area contributed by atoms with Crippen molar-refractivity contribution in [3.63, 3.8) is 0 Å². The number of sulfonamides is 1. The molecular formula is C14H13N3O3S2. The molecule has 4 rings (SSSR count). The first-order valence-electron chi connectivity index (χ1n) is 6.72. The Balaban J connectivity index is 2.07. The van der Waals surface area contributed by atoms with Gasteiger partial charge in [-0.05, 0) is 13.0 Å². The number of hydrogen-bond acceptors (Lipinski definition) is 5. The summed E-state index contributed by atoms with van der Waals surface area (Å²) in [5.74, 6) is 0.225. The van der Waals surface area contributed by atoms with Crippen molar-refractivity contribution < 1.29 is 13.2 Å². The van der Waals surface area contributed by atoms with Crippen molar-refractivity contribution in [2.24, 2.45) is 10.5 Å². The molecule has 22 heavy (non-hydrogen) atoms. The lowest BCUT2D eigenvalue weighted by molar-refractivity contribution is -0.124. The number of allylic oxidation sites excluding steroid dienone is 1. The van der Waals surface area contributed by atoms with Crippen molar-refractivity contribution in [3.8, 4) is 0 Å². The summed E-state index contributed by atoms with van der Waals surface area (Å²) in [6.07, 6.45) is 0. The summed E-state index contributed by atoms with van der Waals surface area (Å²) >= 11 is 1.41. The Kier molecular flexibility index (Phi) is 2.60. The maximum atomic E-state index is 12.9. The Labute approximate surface area is 132 Å². The number of thioether (sulfide) groups is 1. The maximum Gasteiger partial charge on any atom is 0.267 e. The molecule has 6 nitrogen and oxygen atoms in total. The van der Waals surface area contributed by atoms with Crippen LogP contribution >= 0.6 is 11.8 Å². The zero-order valence-electron chi connectivity index (χ0n) is 12.0. The van der Waals surface area contributed by atoms with E-state index in [1.807, 2.05) is 18.2 Å². The van der Waals surface area contributed by atoms with E-state index < -0.39 is 15.4 Å². The number of para-hydroxylation sites is 1. The highest BCUT2D eigenvalue weighted by molar-refractivity contribution is 8.10. The third-order valence-corrected chi connectivity index (χ3v) is 7.72. The minimum absolute atomic E-state index is 0.158. The van der Waals surface area contributed by atoms with Crippen LogP contribution in [0.1, 0.15) is 12.5 Å². The highest BCUT2D eigenvalue weighted by Crippen LogP contribution is 2.52. The fourth-order valence-corrected chi connectivity index (χ4v) is 6.23. The van der Waals surface area contributed by atoms with Crippen LogP contribution < -0.4 is 9.73 Å². The zero-order chi connectivity index (χ0) is 15.7. The number of nitrogens with one attached hydrogen (secondary N) is 1. The second-order valence-electron chi connectivity index (χ2n) is 5.67. The van der Waals surface area contributed by atoms with Crippen molar-refractivity contribution in [3.05, 3.63) is 34.7 Å². The normalized spacial score (nSPS) is 28.5. The lowest BCUT2D eigenvalue weighted by Gasteiger charge is -2.37. The number of nitrogens with zero attached hydrogens (tertiary/aromatic N) is 2. The van der Waals surface area contributed by atoms with Crippen molar-refractivity contribution >= 4 is 44.0 Å². The maximum absolute atomic E-state index is 12.9. The van der Waals surface area contributed by atoms with Gasteiger partial charge in [0.05, 0.1) is 11.4 Å². The van der Waals surface area contributed by atoms with Crippen LogP contribution in [0.5, 0.6) is 0 Å². The molecule has 0 saturated carbocycles. The van der Waals surface area contributed by atoms with Crippen LogP contribution in [0, 0.1) is 5.41 Å². The fourth-order valence-electron chi connectivity index (χ4n) is 2.93. The van der Waals surface area contributed by atoms with E-state index >= 15 is 0 Å². The van der Waals surface area contributed by atoms with Crippen LogP contribution in [0.4, 0.5) is 5.69 Å². The van der Waals surface area contributed by atoms with Crippen molar-refractivity contribution in [1.82, 2.24) is 5.43 Å². The van der Waals surface area contributed by atoms with Gasteiger partial charge in [-0.3, -0.25) is 9.10 Å². The molecule has 3 aliphatic rings. The molecule has 3 aliphatic heterocycles. The monoisotopic (exact) mass is 335 g/mol. The molecule has 1 unspecified atom stereocenters. The molecule has 1 N–H and O–H groups in total. The van der Waals surface area contributed by atoms with Crippen LogP contribution in [0.15, 0.2) is 34.3 Å². The summed E-state index contributed by atoms with van der Waals surface area (Å²) < 4.78 is 27.1. The van der Waals surface area contributed by atoms with Crippen molar-refractivity contribution in [2.45, 2.75) is 6.92 Å². The van der Waals surface area contributed by atoms with Crippen LogP contribution in [0.2, 0.25) is 0 Å². The topological polar surface area (TPSA) is 78.8 Å². The van der Waals surface area contributed by atoms with E-state index in [0.717, 1.165) is 5.56 Å². The number of amides is 1. The van der Waals surface area contributed by atoms with E-state index in [1.165, 1.54) is 23.1 Å². The molecule has 0 fully saturated rings. The molecule has 0 aromatic heterocycles. The Morgan fingerprint density at radius 3 is 2.86 bits per heavy atom. The SMILES string of the molecule is CN1c2ccccc2C2=C(C3=NNC(=O)C3(C)CS2)S1(=O)=O. The first-order chi connectivity index (χ1) is 10.4. The van der Waals surface area contributed by atoms with Gasteiger partial charge >= 0.3 is 0 Å². The summed E-state index contributed by atoms with van der Waals surface area (Å²) in [4.78, 5) is 12.9. The van der Waals surface area contributed by atoms with Gasteiger partial charge in [0.25, 0.3) is 15.9 Å². The van der Waals surface area contributed by atoms with Crippen molar-refractivity contribution in [1.29, 1.82) is 0 Å². The lowest BCUT2D eigenvalue weighted by Crippen LogP contribution is -2.45. The largest absolute Gasteiger partial charge is 0.272 e. The predicted octanol–water partition coefficient (Wildman–Crippen LogP) is 1.37. The van der Waals surface area contributed by atoms with Gasteiger partial charge < -0.3 is 0 Å². The molecule has 1 aromatic carbocycles. The molecule has 3 heterocycles. The number of carbonyl (C=O) groups excluding carboxylic acids is 1. The van der Waals surface area contributed by atoms with Crippen LogP contribution in [-0.2, 0) is 14.8 Å². The predicted molar refractivity (Wildman–Crippen MR) is 86.8 cm³/mol. The van der Waals surface area contributed by atoms with E-state index in [9.17, 15) is 13.2 Å². The molecule has 0 spiro atoms. The second kappa shape index (κ2) is 4.14. The Hall–Kier alpha value is -1.80. The average molecular weight is 335 g/mol. The summed E-state index contributed by atoms with van der Waals surface area (Å²) in [6.45, 7) is 1.74. The number of rotatable bonds is 0. The minimum Gasteiger partial charge on any atom is -0.272 e. The van der Waals surface area contributed by atoms with E-state index in [0.29, 0.717) is 22.1 Å². The first-order valence-corrected chi connectivity index (χ1v) is 9.14. The number of hydrogen-bond donors (Lipinski definition) is 1. The highest BCUT2D eigenvalue weighted by atomic mass is 32.2. The molecule has 1 aromatic rings. The molecule has 1 amide bonds. The van der Waals surface area contributed by atoms with Crippen molar-refractivity contribution in [2.75, 3.05) is 17.1 Å². The number of anilines is 1. The Morgan fingerprint density at radius 1 is 1.36 bits per heavy atom. The number of carbonyl (C=O) groups is 1. The summed E-state index contributed by atoms with van der Waals surface area (Å²) in [6, 6.07) is 7.37. The third kappa shape index (κ3) is 1.49. The first kappa shape index (κ1) is 13.8. The Bertz CT molecular complexity index is 888. The number of benzene rings is 1. The van der Waals surface area contributed by atoms with Gasteiger partial charge in [0.1, 0.15) is 10.3 Å². The summed E-state index contributed by atoms with van der Waals surface area (Å²) in [5.41, 5.74) is 3.37. The molecule has 0 saturated heterocycles. The fraction of sp³-hybridized carbons (Fsp3) is 0.286. The van der Waals surface area contributed by atoms with Gasteiger partial charge in [0, 0.05) is 23.3 Å². The van der Waals surface area contributed by atoms with Gasteiger partial charge in [0.15, 0.2) is 0 Å². The van der Waals surface area contributed by atoms with Crippen LogP contribution in [0.3, 0.4) is 0 Å². The zero-order valence-corrected chi connectivity index (χ0v) is 13.6. The second-order valence-corrected chi connectivity index (χ2v) is 8.56. The van der Waals surface area contributed by atoms with E-state index in [1.54, 1.807) is 13.0 Å². The molecule has 0 aliphatic carbocycles. The molecule has 114 valence electrons. The van der Waals surface area contributed by atoms with Gasteiger partial charge in [-0.25, -0.2) is 13.8 Å². The molecule has 0 bridgehead atoms. The summed E-state index contributed by atoms with van der Waals surface area (Å²) in [7, 11) is -2.20. The van der Waals surface area contributed by atoms with Gasteiger partial charge in [-0.1, -0.05) is 18.2 Å². The molecular weight excluding hydrogens is 322 g/mol. The molecule has 1 atom stereocenters. The van der Waals surface area contributed by atoms with Gasteiger partial charge in [0.2, 0.25) is 0 Å². The van der Waals surface area contributed by atoms with E-state index in [-0.39, 0.29) is 10.8 Å². The van der Waals surface area contributed by atoms with Crippen LogP contribution in [-0.4, -0.2) is 32.8 Å². The summed E-state index contributed by atoms with van der Waals surface area (Å²) in [5, 5.41) is 4.04. The Morgan fingerprint density at radius 2 is 2.09 bits per heavy atom. The highest BCUT2D eigenvalue weighted by Gasteiger charge is 2.53. The van der Waals surface area contributed by atoms with Crippen LogP contribution in [0.25, 0.3) is 4.91 Å². The minimum atomic E-state index is -3.72. The van der Waals surface area contributed by atoms with Gasteiger partial charge in [-0.15, -0.1) is 11.8 Å².